The summed E-state index contributed by atoms with van der Waals surface area (Å²) in [6.07, 6.45) is 2.92. The minimum absolute atomic E-state index is 0.0929. The summed E-state index contributed by atoms with van der Waals surface area (Å²) >= 11 is 0. The summed E-state index contributed by atoms with van der Waals surface area (Å²) in [4.78, 5) is 10.3. The van der Waals surface area contributed by atoms with Gasteiger partial charge in [0.05, 0.1) is 24.2 Å². The topological polar surface area (TPSA) is 72.6 Å². The fourth-order valence-electron chi connectivity index (χ4n) is 1.21. The van der Waals surface area contributed by atoms with Crippen LogP contribution < -0.4 is 4.74 Å². The van der Waals surface area contributed by atoms with Crippen LogP contribution in [0.5, 0.6) is 5.75 Å². The molecule has 0 aliphatic carbocycles. The minimum Gasteiger partial charge on any atom is -0.490 e. The Hall–Kier alpha value is -1.88. The number of para-hydroxylation sites is 1. The molecule has 1 aromatic rings. The number of aliphatic hydroxyl groups is 1. The Labute approximate surface area is 86.8 Å². The van der Waals surface area contributed by atoms with E-state index in [0.717, 1.165) is 0 Å². The van der Waals surface area contributed by atoms with Crippen LogP contribution in [-0.2, 0) is 0 Å². The number of rotatable bonds is 4. The van der Waals surface area contributed by atoms with Gasteiger partial charge in [-0.25, -0.2) is 0 Å². The zero-order valence-electron chi connectivity index (χ0n) is 8.21. The molecule has 0 aromatic heterocycles. The van der Waals surface area contributed by atoms with E-state index in [-0.39, 0.29) is 18.0 Å². The van der Waals surface area contributed by atoms with Crippen molar-refractivity contribution in [1.29, 1.82) is 0 Å². The van der Waals surface area contributed by atoms with Crippen LogP contribution in [0, 0.1) is 10.1 Å². The minimum atomic E-state index is -0.504. The molecule has 0 saturated carbocycles. The smallest absolute Gasteiger partial charge is 0.318 e. The number of aliphatic hydroxyl groups excluding tert-OH is 1. The Morgan fingerprint density at radius 3 is 2.87 bits per heavy atom. The van der Waals surface area contributed by atoms with Crippen molar-refractivity contribution >= 4 is 11.8 Å². The number of ether oxygens (including phenoxy) is 1. The molecule has 80 valence electrons. The van der Waals surface area contributed by atoms with Gasteiger partial charge in [0.15, 0.2) is 5.75 Å². The SMILES string of the molecule is COc1cccc(C=CCO)c1[N+](=O)[O-]. The maximum atomic E-state index is 10.8. The van der Waals surface area contributed by atoms with Crippen molar-refractivity contribution in [2.24, 2.45) is 0 Å². The summed E-state index contributed by atoms with van der Waals surface area (Å²) in [5.41, 5.74) is 0.318. The quantitative estimate of drug-likeness (QED) is 0.604. The standard InChI is InChI=1S/C10H11NO4/c1-15-9-6-2-4-8(5-3-7-12)10(9)11(13)14/h2-6,12H,7H2,1H3. The Balaban J connectivity index is 3.25. The third-order valence-corrected chi connectivity index (χ3v) is 1.84. The van der Waals surface area contributed by atoms with Gasteiger partial charge in [0.1, 0.15) is 0 Å². The first kappa shape index (κ1) is 11.2. The summed E-state index contributed by atoms with van der Waals surface area (Å²) in [5, 5.41) is 19.4. The van der Waals surface area contributed by atoms with Crippen molar-refractivity contribution in [2.75, 3.05) is 13.7 Å². The molecule has 0 heterocycles. The van der Waals surface area contributed by atoms with Crippen LogP contribution in [0.25, 0.3) is 6.08 Å². The van der Waals surface area contributed by atoms with Gasteiger partial charge in [-0.2, -0.15) is 0 Å². The number of nitro groups is 1. The number of benzene rings is 1. The average Bonchev–Trinajstić information content (AvgIpc) is 2.25. The normalized spacial score (nSPS) is 10.5. The molecule has 0 aliphatic rings. The van der Waals surface area contributed by atoms with Gasteiger partial charge in [0, 0.05) is 0 Å². The van der Waals surface area contributed by atoms with Crippen molar-refractivity contribution in [1.82, 2.24) is 0 Å². The van der Waals surface area contributed by atoms with Gasteiger partial charge in [0.25, 0.3) is 0 Å². The lowest BCUT2D eigenvalue weighted by molar-refractivity contribution is -0.386. The molecule has 1 N–H and O–H groups in total. The lowest BCUT2D eigenvalue weighted by Gasteiger charge is -2.03. The van der Waals surface area contributed by atoms with E-state index in [1.165, 1.54) is 25.3 Å². The molecular formula is C10H11NO4. The number of nitro benzene ring substituents is 1. The number of hydrogen-bond donors (Lipinski definition) is 1. The first-order valence-corrected chi connectivity index (χ1v) is 4.29. The van der Waals surface area contributed by atoms with Crippen LogP contribution >= 0.6 is 0 Å². The molecule has 15 heavy (non-hydrogen) atoms. The molecule has 0 fully saturated rings. The van der Waals surface area contributed by atoms with Gasteiger partial charge >= 0.3 is 5.69 Å². The van der Waals surface area contributed by atoms with Gasteiger partial charge in [-0.05, 0) is 18.2 Å². The molecule has 0 saturated heterocycles. The second-order valence-corrected chi connectivity index (χ2v) is 2.74. The van der Waals surface area contributed by atoms with E-state index < -0.39 is 4.92 Å². The van der Waals surface area contributed by atoms with Crippen molar-refractivity contribution in [3.63, 3.8) is 0 Å². The highest BCUT2D eigenvalue weighted by Gasteiger charge is 2.18. The van der Waals surface area contributed by atoms with Crippen LogP contribution in [0.15, 0.2) is 24.3 Å². The van der Waals surface area contributed by atoms with Crippen molar-refractivity contribution in [2.45, 2.75) is 0 Å². The van der Waals surface area contributed by atoms with Gasteiger partial charge in [-0.15, -0.1) is 0 Å². The molecule has 5 nitrogen and oxygen atoms in total. The lowest BCUT2D eigenvalue weighted by Crippen LogP contribution is -1.96. The Bertz CT molecular complexity index is 387. The number of nitrogens with zero attached hydrogens (tertiary/aromatic N) is 1. The van der Waals surface area contributed by atoms with E-state index in [2.05, 4.69) is 0 Å². The summed E-state index contributed by atoms with van der Waals surface area (Å²) in [5.74, 6) is 0.208. The molecule has 0 bridgehead atoms. The first-order chi connectivity index (χ1) is 7.20. The summed E-state index contributed by atoms with van der Waals surface area (Å²) in [6.45, 7) is -0.158. The molecule has 0 atom stereocenters. The fraction of sp³-hybridized carbons (Fsp3) is 0.200. The van der Waals surface area contributed by atoms with E-state index >= 15 is 0 Å². The highest BCUT2D eigenvalue weighted by Crippen LogP contribution is 2.31. The second-order valence-electron chi connectivity index (χ2n) is 2.74. The third-order valence-electron chi connectivity index (χ3n) is 1.84. The van der Waals surface area contributed by atoms with Crippen molar-refractivity contribution < 1.29 is 14.8 Å². The monoisotopic (exact) mass is 209 g/mol. The summed E-state index contributed by atoms with van der Waals surface area (Å²) in [7, 11) is 1.38. The average molecular weight is 209 g/mol. The van der Waals surface area contributed by atoms with Crippen molar-refractivity contribution in [3.05, 3.63) is 40.0 Å². The van der Waals surface area contributed by atoms with E-state index in [4.69, 9.17) is 9.84 Å². The van der Waals surface area contributed by atoms with Gasteiger partial charge < -0.3 is 9.84 Å². The predicted octanol–water partition coefficient (Wildman–Crippen LogP) is 1.61. The van der Waals surface area contributed by atoms with Gasteiger partial charge in [-0.3, -0.25) is 10.1 Å². The number of hydrogen-bond acceptors (Lipinski definition) is 4. The highest BCUT2D eigenvalue weighted by molar-refractivity contribution is 5.66. The highest BCUT2D eigenvalue weighted by atomic mass is 16.6. The fourth-order valence-corrected chi connectivity index (χ4v) is 1.21. The Kier molecular flexibility index (Phi) is 3.82. The number of methoxy groups -OCH3 is 1. The zero-order chi connectivity index (χ0) is 11.3. The summed E-state index contributed by atoms with van der Waals surface area (Å²) in [6, 6.07) is 4.77. The molecule has 1 rings (SSSR count). The summed E-state index contributed by atoms with van der Waals surface area (Å²) < 4.78 is 4.89. The van der Waals surface area contributed by atoms with Gasteiger partial charge in [-0.1, -0.05) is 12.1 Å². The molecule has 1 aromatic carbocycles. The van der Waals surface area contributed by atoms with Crippen LogP contribution in [0.2, 0.25) is 0 Å². The second kappa shape index (κ2) is 5.11. The third kappa shape index (κ3) is 2.54. The zero-order valence-corrected chi connectivity index (χ0v) is 8.21. The predicted molar refractivity (Wildman–Crippen MR) is 55.8 cm³/mol. The first-order valence-electron chi connectivity index (χ1n) is 4.29. The molecule has 5 heteroatoms. The van der Waals surface area contributed by atoms with Crippen LogP contribution in [0.4, 0.5) is 5.69 Å². The van der Waals surface area contributed by atoms with E-state index in [1.807, 2.05) is 0 Å². The van der Waals surface area contributed by atoms with Gasteiger partial charge in [0.2, 0.25) is 0 Å². The molecule has 0 radical (unpaired) electrons. The molecule has 0 unspecified atom stereocenters. The molecule has 0 aliphatic heterocycles. The van der Waals surface area contributed by atoms with E-state index in [1.54, 1.807) is 12.1 Å². The van der Waals surface area contributed by atoms with Crippen LogP contribution in [0.1, 0.15) is 5.56 Å². The lowest BCUT2D eigenvalue weighted by atomic mass is 10.1. The largest absolute Gasteiger partial charge is 0.490 e. The molecule has 0 amide bonds. The Morgan fingerprint density at radius 2 is 2.33 bits per heavy atom. The molecule has 0 spiro atoms. The maximum Gasteiger partial charge on any atom is 0.318 e. The van der Waals surface area contributed by atoms with Crippen LogP contribution in [-0.4, -0.2) is 23.7 Å². The van der Waals surface area contributed by atoms with Crippen molar-refractivity contribution in [3.8, 4) is 5.75 Å². The molecular weight excluding hydrogens is 198 g/mol. The van der Waals surface area contributed by atoms with E-state index in [9.17, 15) is 10.1 Å². The van der Waals surface area contributed by atoms with Crippen LogP contribution in [0.3, 0.4) is 0 Å². The van der Waals surface area contributed by atoms with E-state index in [0.29, 0.717) is 5.56 Å². The Morgan fingerprint density at radius 1 is 1.60 bits per heavy atom. The maximum absolute atomic E-state index is 10.8.